The van der Waals surface area contributed by atoms with Gasteiger partial charge in [0.2, 0.25) is 10.0 Å². The van der Waals surface area contributed by atoms with E-state index in [1.165, 1.54) is 0 Å². The first kappa shape index (κ1) is 15.9. The first-order chi connectivity index (χ1) is 10.2. The summed E-state index contributed by atoms with van der Waals surface area (Å²) in [6.07, 6.45) is 0. The Labute approximate surface area is 136 Å². The normalized spacial score (nSPS) is 27.3. The number of nitrogens with zero attached hydrogens (tertiary/aromatic N) is 1. The van der Waals surface area contributed by atoms with Gasteiger partial charge in [0, 0.05) is 13.1 Å². The average molecular weight is 347 g/mol. The van der Waals surface area contributed by atoms with E-state index < -0.39 is 10.0 Å². The minimum absolute atomic E-state index is 0. The van der Waals surface area contributed by atoms with Gasteiger partial charge in [-0.3, -0.25) is 0 Å². The van der Waals surface area contributed by atoms with Crippen LogP contribution >= 0.6 is 12.4 Å². The molecule has 8 heteroatoms. The summed E-state index contributed by atoms with van der Waals surface area (Å²) >= 11 is 0. The van der Waals surface area contributed by atoms with Crippen molar-refractivity contribution < 1.29 is 17.9 Å². The van der Waals surface area contributed by atoms with Gasteiger partial charge in [-0.1, -0.05) is 6.07 Å². The molecule has 1 aromatic rings. The second-order valence-electron chi connectivity index (χ2n) is 5.78. The molecule has 1 aromatic carbocycles. The van der Waals surface area contributed by atoms with Crippen LogP contribution in [0.2, 0.25) is 0 Å². The SMILES string of the molecule is Cl.O=S(=O)(c1cccc2c1OCCO2)N1C[C@H]2CNC[C@H]2C1. The van der Waals surface area contributed by atoms with Crippen molar-refractivity contribution in [3.8, 4) is 11.5 Å². The van der Waals surface area contributed by atoms with Crippen molar-refractivity contribution in [2.45, 2.75) is 4.90 Å². The summed E-state index contributed by atoms with van der Waals surface area (Å²) in [5.41, 5.74) is 0. The molecule has 4 rings (SSSR count). The Balaban J connectivity index is 0.00000144. The van der Waals surface area contributed by atoms with Crippen molar-refractivity contribution in [1.82, 2.24) is 9.62 Å². The fraction of sp³-hybridized carbons (Fsp3) is 0.571. The van der Waals surface area contributed by atoms with Crippen LogP contribution in [0.5, 0.6) is 11.5 Å². The monoisotopic (exact) mass is 346 g/mol. The van der Waals surface area contributed by atoms with E-state index in [9.17, 15) is 8.42 Å². The minimum Gasteiger partial charge on any atom is -0.486 e. The zero-order valence-corrected chi connectivity index (χ0v) is 13.7. The molecule has 22 heavy (non-hydrogen) atoms. The quantitative estimate of drug-likeness (QED) is 0.854. The van der Waals surface area contributed by atoms with Gasteiger partial charge in [0.25, 0.3) is 0 Å². The van der Waals surface area contributed by atoms with Gasteiger partial charge in [0.15, 0.2) is 11.5 Å². The molecule has 6 nitrogen and oxygen atoms in total. The Hall–Kier alpha value is -1.02. The Morgan fingerprint density at radius 2 is 1.77 bits per heavy atom. The van der Waals surface area contributed by atoms with Crippen LogP contribution in [0, 0.1) is 11.8 Å². The van der Waals surface area contributed by atoms with E-state index in [0.717, 1.165) is 13.1 Å². The summed E-state index contributed by atoms with van der Waals surface area (Å²) in [5, 5.41) is 3.32. The maximum atomic E-state index is 12.9. The highest BCUT2D eigenvalue weighted by atomic mass is 35.5. The third-order valence-electron chi connectivity index (χ3n) is 4.50. The highest BCUT2D eigenvalue weighted by Crippen LogP contribution is 2.39. The molecule has 0 radical (unpaired) electrons. The second kappa shape index (κ2) is 5.88. The van der Waals surface area contributed by atoms with Gasteiger partial charge in [-0.25, -0.2) is 8.42 Å². The highest BCUT2D eigenvalue weighted by molar-refractivity contribution is 7.89. The average Bonchev–Trinajstić information content (AvgIpc) is 3.08. The number of ether oxygens (including phenoxy) is 2. The molecule has 3 heterocycles. The number of hydrogen-bond acceptors (Lipinski definition) is 5. The fourth-order valence-corrected chi connectivity index (χ4v) is 5.10. The predicted octanol–water partition coefficient (Wildman–Crippen LogP) is 0.719. The number of halogens is 1. The molecule has 3 aliphatic rings. The Morgan fingerprint density at radius 1 is 1.09 bits per heavy atom. The van der Waals surface area contributed by atoms with Crippen LogP contribution in [0.25, 0.3) is 0 Å². The van der Waals surface area contributed by atoms with Crippen LogP contribution in [0.3, 0.4) is 0 Å². The van der Waals surface area contributed by atoms with Gasteiger partial charge in [-0.15, -0.1) is 12.4 Å². The number of fused-ring (bicyclic) bond motifs is 2. The summed E-state index contributed by atoms with van der Waals surface area (Å²) in [5.74, 6) is 1.73. The maximum Gasteiger partial charge on any atom is 0.246 e. The van der Waals surface area contributed by atoms with E-state index in [-0.39, 0.29) is 17.3 Å². The largest absolute Gasteiger partial charge is 0.486 e. The van der Waals surface area contributed by atoms with Crippen molar-refractivity contribution in [2.75, 3.05) is 39.4 Å². The summed E-state index contributed by atoms with van der Waals surface area (Å²) in [7, 11) is -3.52. The van der Waals surface area contributed by atoms with Crippen molar-refractivity contribution in [3.05, 3.63) is 18.2 Å². The lowest BCUT2D eigenvalue weighted by Crippen LogP contribution is -2.32. The van der Waals surface area contributed by atoms with Gasteiger partial charge in [-0.2, -0.15) is 4.31 Å². The van der Waals surface area contributed by atoms with Crippen LogP contribution in [0.4, 0.5) is 0 Å². The van der Waals surface area contributed by atoms with E-state index in [1.807, 2.05) is 0 Å². The molecule has 0 spiro atoms. The van der Waals surface area contributed by atoms with Crippen molar-refractivity contribution in [1.29, 1.82) is 0 Å². The van der Waals surface area contributed by atoms with Gasteiger partial charge < -0.3 is 14.8 Å². The van der Waals surface area contributed by atoms with Crippen molar-refractivity contribution >= 4 is 22.4 Å². The van der Waals surface area contributed by atoms with Crippen LogP contribution in [-0.2, 0) is 10.0 Å². The molecule has 2 fully saturated rings. The van der Waals surface area contributed by atoms with Gasteiger partial charge >= 0.3 is 0 Å². The van der Waals surface area contributed by atoms with Crippen LogP contribution < -0.4 is 14.8 Å². The lowest BCUT2D eigenvalue weighted by molar-refractivity contribution is 0.166. The number of sulfonamides is 1. The minimum atomic E-state index is -3.52. The maximum absolute atomic E-state index is 12.9. The second-order valence-corrected chi connectivity index (χ2v) is 7.69. The molecule has 2 saturated heterocycles. The summed E-state index contributed by atoms with van der Waals surface area (Å²) in [6.45, 7) is 3.83. The predicted molar refractivity (Wildman–Crippen MR) is 83.3 cm³/mol. The lowest BCUT2D eigenvalue weighted by atomic mass is 10.0. The van der Waals surface area contributed by atoms with Crippen LogP contribution in [-0.4, -0.2) is 52.1 Å². The smallest absolute Gasteiger partial charge is 0.246 e. The molecule has 0 saturated carbocycles. The van der Waals surface area contributed by atoms with E-state index >= 15 is 0 Å². The zero-order valence-electron chi connectivity index (χ0n) is 12.0. The van der Waals surface area contributed by atoms with E-state index in [1.54, 1.807) is 22.5 Å². The summed E-state index contributed by atoms with van der Waals surface area (Å²) < 4.78 is 38.4. The Kier molecular flexibility index (Phi) is 4.24. The highest BCUT2D eigenvalue weighted by Gasteiger charge is 2.42. The molecule has 0 aliphatic carbocycles. The number of nitrogens with one attached hydrogen (secondary N) is 1. The van der Waals surface area contributed by atoms with Crippen LogP contribution in [0.15, 0.2) is 23.1 Å². The number of benzene rings is 1. The zero-order chi connectivity index (χ0) is 14.4. The topological polar surface area (TPSA) is 67.9 Å². The van der Waals surface area contributed by atoms with Gasteiger partial charge in [0.1, 0.15) is 18.1 Å². The third kappa shape index (κ3) is 2.46. The molecule has 0 unspecified atom stereocenters. The number of rotatable bonds is 2. The molecular formula is C14H19ClN2O4S. The van der Waals surface area contributed by atoms with Gasteiger partial charge in [-0.05, 0) is 37.1 Å². The molecule has 122 valence electrons. The molecule has 0 amide bonds. The Bertz CT molecular complexity index is 655. The lowest BCUT2D eigenvalue weighted by Gasteiger charge is -2.23. The Morgan fingerprint density at radius 3 is 2.50 bits per heavy atom. The first-order valence-electron chi connectivity index (χ1n) is 7.26. The van der Waals surface area contributed by atoms with E-state index in [2.05, 4.69) is 5.32 Å². The summed E-state index contributed by atoms with van der Waals surface area (Å²) in [4.78, 5) is 0.229. The van der Waals surface area contributed by atoms with Crippen molar-refractivity contribution in [2.24, 2.45) is 11.8 Å². The van der Waals surface area contributed by atoms with Crippen molar-refractivity contribution in [3.63, 3.8) is 0 Å². The first-order valence-corrected chi connectivity index (χ1v) is 8.70. The van der Waals surface area contributed by atoms with E-state index in [0.29, 0.717) is 49.6 Å². The molecule has 0 bridgehead atoms. The van der Waals surface area contributed by atoms with Gasteiger partial charge in [0.05, 0.1) is 0 Å². The standard InChI is InChI=1S/C14H18N2O4S.ClH/c17-21(18,16-8-10-6-15-7-11(10)9-16)13-3-1-2-12-14(13)20-5-4-19-12;/h1-3,10-11,15H,4-9H2;1H/t10-,11+;. The molecular weight excluding hydrogens is 328 g/mol. The molecule has 0 aromatic heterocycles. The fourth-order valence-electron chi connectivity index (χ4n) is 3.40. The summed E-state index contributed by atoms with van der Waals surface area (Å²) in [6, 6.07) is 5.06. The van der Waals surface area contributed by atoms with Crippen LogP contribution in [0.1, 0.15) is 0 Å². The number of hydrogen-bond donors (Lipinski definition) is 1. The molecule has 2 atom stereocenters. The third-order valence-corrected chi connectivity index (χ3v) is 6.36. The number of para-hydroxylation sites is 1. The molecule has 1 N–H and O–H groups in total. The van der Waals surface area contributed by atoms with E-state index in [4.69, 9.17) is 9.47 Å². The molecule has 3 aliphatic heterocycles.